The zero-order valence-corrected chi connectivity index (χ0v) is 11.0. The number of nitrogens with one attached hydrogen (secondary N) is 2. The first-order valence-corrected chi connectivity index (χ1v) is 7.12. The molecule has 0 spiro atoms. The van der Waals surface area contributed by atoms with Gasteiger partial charge in [-0.05, 0) is 30.5 Å². The van der Waals surface area contributed by atoms with Crippen molar-refractivity contribution in [2.24, 2.45) is 0 Å². The van der Waals surface area contributed by atoms with Gasteiger partial charge >= 0.3 is 0 Å². The van der Waals surface area contributed by atoms with Gasteiger partial charge in [-0.2, -0.15) is 13.1 Å². The van der Waals surface area contributed by atoms with E-state index in [9.17, 15) is 8.42 Å². The van der Waals surface area contributed by atoms with Crippen molar-refractivity contribution in [3.05, 3.63) is 23.8 Å². The lowest BCUT2D eigenvalue weighted by Gasteiger charge is -2.10. The molecule has 5 nitrogen and oxygen atoms in total. The van der Waals surface area contributed by atoms with Crippen LogP contribution in [0.2, 0.25) is 0 Å². The number of aryl methyl sites for hydroxylation is 1. The second-order valence-electron chi connectivity index (χ2n) is 3.77. The SMILES string of the molecule is CCCNS(=O)(=O)Nc1ccc(CC)c(N)c1. The van der Waals surface area contributed by atoms with Gasteiger partial charge in [0.15, 0.2) is 0 Å². The first-order valence-electron chi connectivity index (χ1n) is 5.64. The smallest absolute Gasteiger partial charge is 0.299 e. The van der Waals surface area contributed by atoms with Gasteiger partial charge < -0.3 is 5.73 Å². The second kappa shape index (κ2) is 5.88. The van der Waals surface area contributed by atoms with Crippen LogP contribution < -0.4 is 15.2 Å². The molecule has 6 heteroatoms. The highest BCUT2D eigenvalue weighted by Crippen LogP contribution is 2.18. The second-order valence-corrected chi connectivity index (χ2v) is 5.27. The molecular formula is C11H19N3O2S. The molecule has 0 unspecified atom stereocenters. The van der Waals surface area contributed by atoms with Crippen LogP contribution in [0.25, 0.3) is 0 Å². The van der Waals surface area contributed by atoms with E-state index in [-0.39, 0.29) is 0 Å². The summed E-state index contributed by atoms with van der Waals surface area (Å²) in [6.07, 6.45) is 1.57. The van der Waals surface area contributed by atoms with E-state index in [1.807, 2.05) is 19.9 Å². The number of hydrogen-bond donors (Lipinski definition) is 3. The Kier molecular flexibility index (Phi) is 4.77. The minimum absolute atomic E-state index is 0.415. The molecule has 1 aromatic carbocycles. The van der Waals surface area contributed by atoms with Crippen molar-refractivity contribution in [3.63, 3.8) is 0 Å². The van der Waals surface area contributed by atoms with Crippen LogP contribution in [0.1, 0.15) is 25.8 Å². The minimum Gasteiger partial charge on any atom is -0.398 e. The summed E-state index contributed by atoms with van der Waals surface area (Å²) in [5, 5.41) is 0. The normalized spacial score (nSPS) is 11.4. The average molecular weight is 257 g/mol. The third-order valence-corrected chi connectivity index (χ3v) is 3.41. The fraction of sp³-hybridized carbons (Fsp3) is 0.455. The average Bonchev–Trinajstić information content (AvgIpc) is 2.26. The van der Waals surface area contributed by atoms with Crippen LogP contribution >= 0.6 is 0 Å². The minimum atomic E-state index is -3.49. The third-order valence-electron chi connectivity index (χ3n) is 2.32. The molecule has 0 aliphatic heterocycles. The molecule has 96 valence electrons. The summed E-state index contributed by atoms with van der Waals surface area (Å²) in [5.74, 6) is 0. The van der Waals surface area contributed by atoms with E-state index in [1.54, 1.807) is 12.1 Å². The summed E-state index contributed by atoms with van der Waals surface area (Å²) in [4.78, 5) is 0. The molecule has 0 bridgehead atoms. The van der Waals surface area contributed by atoms with Gasteiger partial charge in [0.25, 0.3) is 10.2 Å². The summed E-state index contributed by atoms with van der Waals surface area (Å²) in [6.45, 7) is 4.31. The van der Waals surface area contributed by atoms with Crippen molar-refractivity contribution >= 4 is 21.6 Å². The molecule has 1 aromatic rings. The molecule has 0 saturated heterocycles. The molecule has 0 fully saturated rings. The Hall–Kier alpha value is -1.27. The zero-order valence-electron chi connectivity index (χ0n) is 10.2. The van der Waals surface area contributed by atoms with Gasteiger partial charge in [-0.25, -0.2) is 0 Å². The van der Waals surface area contributed by atoms with Gasteiger partial charge in [0.05, 0.1) is 5.69 Å². The quantitative estimate of drug-likeness (QED) is 0.675. The summed E-state index contributed by atoms with van der Waals surface area (Å²) in [5.41, 5.74) is 7.88. The summed E-state index contributed by atoms with van der Waals surface area (Å²) in [6, 6.07) is 5.16. The van der Waals surface area contributed by atoms with Gasteiger partial charge in [0, 0.05) is 12.2 Å². The molecule has 0 aliphatic rings. The van der Waals surface area contributed by atoms with E-state index in [1.165, 1.54) is 0 Å². The first kappa shape index (κ1) is 13.8. The predicted octanol–water partition coefficient (Wildman–Crippen LogP) is 1.49. The van der Waals surface area contributed by atoms with Crippen molar-refractivity contribution in [2.45, 2.75) is 26.7 Å². The number of benzene rings is 1. The van der Waals surface area contributed by atoms with Crippen LogP contribution in [0.4, 0.5) is 11.4 Å². The van der Waals surface area contributed by atoms with Gasteiger partial charge in [-0.1, -0.05) is 19.9 Å². The lowest BCUT2D eigenvalue weighted by atomic mass is 10.1. The number of rotatable bonds is 6. The third kappa shape index (κ3) is 4.24. The Balaban J connectivity index is 2.78. The Morgan fingerprint density at radius 2 is 2.00 bits per heavy atom. The zero-order chi connectivity index (χ0) is 12.9. The van der Waals surface area contributed by atoms with E-state index in [4.69, 9.17) is 5.73 Å². The predicted molar refractivity (Wildman–Crippen MR) is 71.1 cm³/mol. The van der Waals surface area contributed by atoms with Crippen molar-refractivity contribution < 1.29 is 8.42 Å². The van der Waals surface area contributed by atoms with Gasteiger partial charge in [-0.3, -0.25) is 4.72 Å². The maximum Gasteiger partial charge on any atom is 0.299 e. The Morgan fingerprint density at radius 1 is 1.29 bits per heavy atom. The molecule has 0 atom stereocenters. The fourth-order valence-corrected chi connectivity index (χ4v) is 2.39. The topological polar surface area (TPSA) is 84.2 Å². The van der Waals surface area contributed by atoms with Gasteiger partial charge in [0.2, 0.25) is 0 Å². The molecule has 4 N–H and O–H groups in total. The van der Waals surface area contributed by atoms with Crippen LogP contribution in [-0.2, 0) is 16.6 Å². The first-order chi connectivity index (χ1) is 7.98. The lowest BCUT2D eigenvalue weighted by Crippen LogP contribution is -2.30. The van der Waals surface area contributed by atoms with Crippen LogP contribution in [0.5, 0.6) is 0 Å². The van der Waals surface area contributed by atoms with Crippen molar-refractivity contribution in [3.8, 4) is 0 Å². The van der Waals surface area contributed by atoms with Crippen molar-refractivity contribution in [2.75, 3.05) is 17.0 Å². The number of hydrogen-bond acceptors (Lipinski definition) is 3. The molecule has 0 aliphatic carbocycles. The van der Waals surface area contributed by atoms with E-state index in [0.717, 1.165) is 18.4 Å². The maximum absolute atomic E-state index is 11.6. The molecule has 0 amide bonds. The number of nitrogen functional groups attached to an aromatic ring is 1. The van der Waals surface area contributed by atoms with Gasteiger partial charge in [-0.15, -0.1) is 0 Å². The van der Waals surface area contributed by atoms with Crippen molar-refractivity contribution in [1.29, 1.82) is 0 Å². The molecule has 0 aromatic heterocycles. The molecule has 0 radical (unpaired) electrons. The summed E-state index contributed by atoms with van der Waals surface area (Å²) in [7, 11) is -3.49. The highest BCUT2D eigenvalue weighted by atomic mass is 32.2. The summed E-state index contributed by atoms with van der Waals surface area (Å²) < 4.78 is 28.0. The van der Waals surface area contributed by atoms with Crippen LogP contribution in [-0.4, -0.2) is 15.0 Å². The van der Waals surface area contributed by atoms with Crippen LogP contribution in [0, 0.1) is 0 Å². The molecular weight excluding hydrogens is 238 g/mol. The Labute approximate surface area is 103 Å². The van der Waals surface area contributed by atoms with Gasteiger partial charge in [0.1, 0.15) is 0 Å². The maximum atomic E-state index is 11.6. The standard InChI is InChI=1S/C11H19N3O2S/c1-3-7-13-17(15,16)14-10-6-5-9(4-2)11(12)8-10/h5-6,8,13-14H,3-4,7,12H2,1-2H3. The van der Waals surface area contributed by atoms with E-state index < -0.39 is 10.2 Å². The van der Waals surface area contributed by atoms with Crippen LogP contribution in [0.3, 0.4) is 0 Å². The lowest BCUT2D eigenvalue weighted by molar-refractivity contribution is 0.586. The molecule has 17 heavy (non-hydrogen) atoms. The number of anilines is 2. The van der Waals surface area contributed by atoms with Crippen molar-refractivity contribution in [1.82, 2.24) is 4.72 Å². The van der Waals surface area contributed by atoms with E-state index in [0.29, 0.717) is 17.9 Å². The Morgan fingerprint density at radius 3 is 2.53 bits per heavy atom. The van der Waals surface area contributed by atoms with E-state index in [2.05, 4.69) is 9.44 Å². The van der Waals surface area contributed by atoms with E-state index >= 15 is 0 Å². The highest BCUT2D eigenvalue weighted by molar-refractivity contribution is 7.90. The monoisotopic (exact) mass is 257 g/mol. The van der Waals surface area contributed by atoms with Crippen LogP contribution in [0.15, 0.2) is 18.2 Å². The molecule has 1 rings (SSSR count). The molecule has 0 heterocycles. The molecule has 0 saturated carbocycles. The largest absolute Gasteiger partial charge is 0.398 e. The number of nitrogens with two attached hydrogens (primary N) is 1. The Bertz CT molecular complexity index is 472. The fourth-order valence-electron chi connectivity index (χ4n) is 1.41. The summed E-state index contributed by atoms with van der Waals surface area (Å²) >= 11 is 0. The highest BCUT2D eigenvalue weighted by Gasteiger charge is 2.09.